The number of alkyl halides is 2. The summed E-state index contributed by atoms with van der Waals surface area (Å²) in [6.45, 7) is 4.88. The van der Waals surface area contributed by atoms with Gasteiger partial charge in [0.05, 0.1) is 16.5 Å². The van der Waals surface area contributed by atoms with Crippen molar-refractivity contribution in [2.75, 3.05) is 12.4 Å². The number of benzene rings is 2. The molecule has 0 bridgehead atoms. The van der Waals surface area contributed by atoms with Crippen molar-refractivity contribution in [1.82, 2.24) is 4.90 Å². The number of nitrogens with one attached hydrogen (secondary N) is 1. The van der Waals surface area contributed by atoms with Gasteiger partial charge in [-0.3, -0.25) is 9.59 Å². The second-order valence-electron chi connectivity index (χ2n) is 7.87. The molecule has 0 spiro atoms. The fraction of sp³-hybridized carbons (Fsp3) is 0.200. The third-order valence-corrected chi connectivity index (χ3v) is 7.65. The van der Waals surface area contributed by atoms with E-state index in [-0.39, 0.29) is 16.5 Å². The monoisotopic (exact) mass is 662 g/mol. The zero-order valence-electron chi connectivity index (χ0n) is 18.6. The highest BCUT2D eigenvalue weighted by atomic mass is 79.9. The van der Waals surface area contributed by atoms with Gasteiger partial charge in [-0.1, -0.05) is 56.1 Å². The van der Waals surface area contributed by atoms with Crippen LogP contribution in [0.4, 0.5) is 10.1 Å². The van der Waals surface area contributed by atoms with E-state index in [0.717, 1.165) is 20.6 Å². The maximum atomic E-state index is 13.1. The molecule has 4 nitrogen and oxygen atoms in total. The van der Waals surface area contributed by atoms with E-state index >= 15 is 0 Å². The molecule has 0 aliphatic heterocycles. The molecule has 35 heavy (non-hydrogen) atoms. The van der Waals surface area contributed by atoms with Crippen molar-refractivity contribution < 1.29 is 14.0 Å². The maximum absolute atomic E-state index is 13.1. The van der Waals surface area contributed by atoms with Crippen LogP contribution in [0.15, 0.2) is 81.7 Å². The fourth-order valence-corrected chi connectivity index (χ4v) is 6.04. The second-order valence-corrected chi connectivity index (χ2v) is 11.6. The molecule has 1 saturated carbocycles. The molecule has 2 aromatic carbocycles. The number of allylic oxidation sites excluding steroid dienone is 4. The molecule has 0 saturated heterocycles. The van der Waals surface area contributed by atoms with Crippen LogP contribution in [0.1, 0.15) is 28.8 Å². The van der Waals surface area contributed by atoms with Gasteiger partial charge in [0.2, 0.25) is 5.91 Å². The number of likely N-dealkylation sites (N-methyl/N-ethyl adjacent to an activating group) is 1. The molecule has 0 heterocycles. The Hall–Kier alpha value is -1.64. The number of amides is 2. The Labute approximate surface area is 235 Å². The fourth-order valence-electron chi connectivity index (χ4n) is 3.68. The molecule has 2 aromatic rings. The summed E-state index contributed by atoms with van der Waals surface area (Å²) in [4.78, 5) is 27.5. The van der Waals surface area contributed by atoms with Gasteiger partial charge in [-0.25, -0.2) is 4.39 Å². The number of halogens is 6. The van der Waals surface area contributed by atoms with Gasteiger partial charge in [-0.15, -0.1) is 23.2 Å². The van der Waals surface area contributed by atoms with E-state index in [4.69, 9.17) is 34.8 Å². The number of anilines is 1. The summed E-state index contributed by atoms with van der Waals surface area (Å²) in [6, 6.07) is 10.2. The van der Waals surface area contributed by atoms with Crippen LogP contribution in [0, 0.1) is 5.92 Å². The number of nitrogens with zero attached hydrogens (tertiary/aromatic N) is 1. The standard InChI is InChI=1S/C25H20Br2Cl3FN2O2/c1-4-18(7-5-13(2)31)33(3)24(35)19-12-17(6-8-20(19)28)32-23(34)22-21(25(22,29)30)14-9-15(26)11-16(27)10-14/h4-12,21-22H,2H2,1,3H3,(H,32,34)/b7-5-,18-4+. The van der Waals surface area contributed by atoms with E-state index < -0.39 is 27.9 Å². The molecule has 1 fully saturated rings. The lowest BCUT2D eigenvalue weighted by atomic mass is 10.1. The number of carbonyl (C=O) groups is 2. The van der Waals surface area contributed by atoms with E-state index in [1.165, 1.54) is 30.2 Å². The summed E-state index contributed by atoms with van der Waals surface area (Å²) < 4.78 is 13.4. The molecule has 3 rings (SSSR count). The van der Waals surface area contributed by atoms with Crippen molar-refractivity contribution in [2.45, 2.75) is 17.2 Å². The Morgan fingerprint density at radius 1 is 1.14 bits per heavy atom. The first-order valence-electron chi connectivity index (χ1n) is 10.3. The van der Waals surface area contributed by atoms with E-state index in [2.05, 4.69) is 43.8 Å². The minimum atomic E-state index is -1.27. The van der Waals surface area contributed by atoms with Crippen molar-refractivity contribution >= 4 is 84.2 Å². The minimum Gasteiger partial charge on any atom is -0.326 e. The summed E-state index contributed by atoms with van der Waals surface area (Å²) >= 11 is 26.1. The Morgan fingerprint density at radius 3 is 2.34 bits per heavy atom. The normalized spacial score (nSPS) is 18.9. The van der Waals surface area contributed by atoms with Crippen LogP contribution < -0.4 is 5.32 Å². The Morgan fingerprint density at radius 2 is 1.77 bits per heavy atom. The van der Waals surface area contributed by atoms with Crippen molar-refractivity contribution in [3.8, 4) is 0 Å². The Kier molecular flexibility index (Phi) is 8.92. The van der Waals surface area contributed by atoms with E-state index in [9.17, 15) is 14.0 Å². The lowest BCUT2D eigenvalue weighted by molar-refractivity contribution is -0.117. The number of rotatable bonds is 7. The summed E-state index contributed by atoms with van der Waals surface area (Å²) in [5.41, 5.74) is 1.77. The highest BCUT2D eigenvalue weighted by Crippen LogP contribution is 2.65. The molecular formula is C25H20Br2Cl3FN2O2. The van der Waals surface area contributed by atoms with Gasteiger partial charge in [0.25, 0.3) is 5.91 Å². The number of hydrogen-bond donors (Lipinski definition) is 1. The lowest BCUT2D eigenvalue weighted by Gasteiger charge is -2.19. The van der Waals surface area contributed by atoms with Crippen LogP contribution in [0.25, 0.3) is 0 Å². The number of carbonyl (C=O) groups excluding carboxylic acids is 2. The lowest BCUT2D eigenvalue weighted by Crippen LogP contribution is -2.26. The van der Waals surface area contributed by atoms with Gasteiger partial charge in [0.15, 0.2) is 0 Å². The molecule has 10 heteroatoms. The second kappa shape index (κ2) is 11.2. The summed E-state index contributed by atoms with van der Waals surface area (Å²) in [5, 5.41) is 2.98. The van der Waals surface area contributed by atoms with Gasteiger partial charge in [0, 0.05) is 33.3 Å². The highest BCUT2D eigenvalue weighted by Gasteiger charge is 2.67. The zero-order valence-corrected chi connectivity index (χ0v) is 24.0. The van der Waals surface area contributed by atoms with Crippen LogP contribution in [0.2, 0.25) is 5.02 Å². The largest absolute Gasteiger partial charge is 0.326 e. The molecule has 0 aromatic heterocycles. The first-order chi connectivity index (χ1) is 16.4. The van der Waals surface area contributed by atoms with Gasteiger partial charge in [0.1, 0.15) is 10.2 Å². The predicted octanol–water partition coefficient (Wildman–Crippen LogP) is 8.41. The molecule has 1 aliphatic rings. The molecule has 2 amide bonds. The third-order valence-electron chi connectivity index (χ3n) is 5.47. The number of hydrogen-bond acceptors (Lipinski definition) is 2. The Bertz CT molecular complexity index is 1240. The summed E-state index contributed by atoms with van der Waals surface area (Å²) in [7, 11) is 1.53. The van der Waals surface area contributed by atoms with Crippen molar-refractivity contribution in [3.63, 3.8) is 0 Å². The van der Waals surface area contributed by atoms with Crippen LogP contribution in [-0.4, -0.2) is 28.1 Å². The van der Waals surface area contributed by atoms with Crippen LogP contribution in [-0.2, 0) is 4.79 Å². The molecular weight excluding hydrogens is 645 g/mol. The maximum Gasteiger partial charge on any atom is 0.259 e. The van der Waals surface area contributed by atoms with E-state index in [1.807, 2.05) is 18.2 Å². The SMILES string of the molecule is C=C(F)/C=C\C(=C/C)N(C)C(=O)c1cc(NC(=O)C2C(c3cc(Br)cc(Br)c3)C2(Cl)Cl)ccc1Cl. The summed E-state index contributed by atoms with van der Waals surface area (Å²) in [6.07, 6.45) is 4.22. The molecule has 0 radical (unpaired) electrons. The van der Waals surface area contributed by atoms with Crippen molar-refractivity contribution in [3.05, 3.63) is 97.8 Å². The topological polar surface area (TPSA) is 49.4 Å². The van der Waals surface area contributed by atoms with Gasteiger partial charge < -0.3 is 10.2 Å². The van der Waals surface area contributed by atoms with Crippen LogP contribution in [0.3, 0.4) is 0 Å². The highest BCUT2D eigenvalue weighted by molar-refractivity contribution is 9.11. The zero-order chi connectivity index (χ0) is 26.1. The smallest absolute Gasteiger partial charge is 0.259 e. The average Bonchev–Trinajstić information content (AvgIpc) is 3.36. The Balaban J connectivity index is 1.80. The van der Waals surface area contributed by atoms with Gasteiger partial charge >= 0.3 is 0 Å². The van der Waals surface area contributed by atoms with Crippen molar-refractivity contribution in [1.29, 1.82) is 0 Å². The molecule has 184 valence electrons. The van der Waals surface area contributed by atoms with E-state index in [0.29, 0.717) is 11.4 Å². The van der Waals surface area contributed by atoms with Gasteiger partial charge in [-0.2, -0.15) is 0 Å². The first-order valence-corrected chi connectivity index (χ1v) is 13.0. The molecule has 2 atom stereocenters. The minimum absolute atomic E-state index is 0.157. The molecule has 1 N–H and O–H groups in total. The van der Waals surface area contributed by atoms with Crippen LogP contribution >= 0.6 is 66.7 Å². The summed E-state index contributed by atoms with van der Waals surface area (Å²) in [5.74, 6) is -2.58. The van der Waals surface area contributed by atoms with E-state index in [1.54, 1.807) is 19.1 Å². The first kappa shape index (κ1) is 27.9. The molecule has 2 unspecified atom stereocenters. The molecule has 1 aliphatic carbocycles. The third kappa shape index (κ3) is 6.38. The average molecular weight is 666 g/mol. The quantitative estimate of drug-likeness (QED) is 0.239. The van der Waals surface area contributed by atoms with Crippen LogP contribution in [0.5, 0.6) is 0 Å². The van der Waals surface area contributed by atoms with Crippen molar-refractivity contribution in [2.24, 2.45) is 5.92 Å². The predicted molar refractivity (Wildman–Crippen MR) is 148 cm³/mol. The van der Waals surface area contributed by atoms with Gasteiger partial charge in [-0.05, 0) is 61.0 Å².